The molecule has 0 aromatic rings. The van der Waals surface area contributed by atoms with Crippen LogP contribution in [0, 0.1) is 5.92 Å². The fourth-order valence-electron chi connectivity index (χ4n) is 4.30. The fraction of sp³-hybridized carbons (Fsp3) is 0.900. The lowest BCUT2D eigenvalue weighted by Crippen LogP contribution is -2.57. The lowest BCUT2D eigenvalue weighted by molar-refractivity contribution is -0.148. The Balaban J connectivity index is 0.00000341. The van der Waals surface area contributed by atoms with E-state index in [1.165, 1.54) is 4.90 Å². The molecule has 0 radical (unpaired) electrons. The minimum Gasteiger partial charge on any atom is -0.444 e. The molecule has 1 atom stereocenters. The molecule has 3 aliphatic heterocycles. The average Bonchev–Trinajstić information content (AvgIpc) is 3.03. The number of guanidine groups is 1. The molecule has 7 nitrogen and oxygen atoms in total. The summed E-state index contributed by atoms with van der Waals surface area (Å²) < 4.78 is 42.9. The molecule has 0 aromatic heterocycles. The number of piperazine rings is 1. The number of halogens is 4. The number of hydrogen-bond acceptors (Lipinski definition) is 6. The molecule has 31 heavy (non-hydrogen) atoms. The largest absolute Gasteiger partial charge is 0.444 e. The molecule has 2 fully saturated rings. The standard InChI is InChI=1S/C20H34F3N5O2.HI/c1-19(2,3)30-18(29)27-10-11-28-16(13-27)12-25-17(28)24-7-4-15-5-8-26(9-6-15)14-20(21,22)23;/h15-16H,4-14H2,1-3H3,(H,24,25);1H. The number of amides is 1. The Morgan fingerprint density at radius 3 is 2.45 bits per heavy atom. The van der Waals surface area contributed by atoms with Gasteiger partial charge < -0.3 is 19.9 Å². The van der Waals surface area contributed by atoms with Crippen LogP contribution in [0.1, 0.15) is 40.0 Å². The van der Waals surface area contributed by atoms with E-state index in [-0.39, 0.29) is 36.1 Å². The van der Waals surface area contributed by atoms with Gasteiger partial charge in [-0.15, -0.1) is 24.0 Å². The van der Waals surface area contributed by atoms with E-state index >= 15 is 0 Å². The number of aliphatic imine (C=N–C) groups is 1. The quantitative estimate of drug-likeness (QED) is 0.535. The Labute approximate surface area is 199 Å². The maximum Gasteiger partial charge on any atom is 0.410 e. The summed E-state index contributed by atoms with van der Waals surface area (Å²) in [5.74, 6) is 1.32. The first-order chi connectivity index (χ1) is 14.0. The Morgan fingerprint density at radius 2 is 1.84 bits per heavy atom. The number of fused-ring (bicyclic) bond motifs is 1. The minimum atomic E-state index is -4.11. The second-order valence-electron chi connectivity index (χ2n) is 9.49. The molecular formula is C20H35F3IN5O2. The summed E-state index contributed by atoms with van der Waals surface area (Å²) in [4.78, 5) is 22.4. The summed E-state index contributed by atoms with van der Waals surface area (Å²) in [5.41, 5.74) is -0.504. The van der Waals surface area contributed by atoms with Gasteiger partial charge in [0.25, 0.3) is 0 Å². The molecule has 11 heteroatoms. The zero-order valence-corrected chi connectivity index (χ0v) is 20.9. The number of carbonyl (C=O) groups excluding carboxylic acids is 1. The summed E-state index contributed by atoms with van der Waals surface area (Å²) in [6, 6.07) is 0.166. The second-order valence-corrected chi connectivity index (χ2v) is 9.49. The maximum atomic E-state index is 12.5. The zero-order chi connectivity index (χ0) is 21.9. The Kier molecular flexibility index (Phi) is 9.12. The van der Waals surface area contributed by atoms with Crippen molar-refractivity contribution in [3.05, 3.63) is 0 Å². The third-order valence-corrected chi connectivity index (χ3v) is 5.80. The molecule has 180 valence electrons. The highest BCUT2D eigenvalue weighted by atomic mass is 127. The van der Waals surface area contributed by atoms with Gasteiger partial charge in [0.15, 0.2) is 5.96 Å². The third kappa shape index (κ3) is 8.14. The molecule has 3 aliphatic rings. The number of likely N-dealkylation sites (tertiary alicyclic amines) is 1. The SMILES string of the molecule is CC(C)(C)OC(=O)N1CCN2C(NCCC3CCN(CC(F)(F)F)CC3)=NCC2C1.I. The van der Waals surface area contributed by atoms with Crippen LogP contribution in [-0.4, -0.2) is 96.9 Å². The molecule has 0 aliphatic carbocycles. The minimum absolute atomic E-state index is 0. The van der Waals surface area contributed by atoms with Crippen LogP contribution in [0.25, 0.3) is 0 Å². The van der Waals surface area contributed by atoms with Crippen LogP contribution in [0.4, 0.5) is 18.0 Å². The van der Waals surface area contributed by atoms with E-state index in [1.54, 1.807) is 4.90 Å². The van der Waals surface area contributed by atoms with Crippen LogP contribution in [0.15, 0.2) is 4.99 Å². The van der Waals surface area contributed by atoms with Crippen LogP contribution in [-0.2, 0) is 4.74 Å². The van der Waals surface area contributed by atoms with E-state index in [1.807, 2.05) is 20.8 Å². The monoisotopic (exact) mass is 561 g/mol. The van der Waals surface area contributed by atoms with Crippen LogP contribution >= 0.6 is 24.0 Å². The van der Waals surface area contributed by atoms with Gasteiger partial charge in [-0.3, -0.25) is 9.89 Å². The Morgan fingerprint density at radius 1 is 1.16 bits per heavy atom. The Bertz CT molecular complexity index is 633. The molecule has 1 amide bonds. The first-order valence-corrected chi connectivity index (χ1v) is 10.8. The summed E-state index contributed by atoms with van der Waals surface area (Å²) >= 11 is 0. The smallest absolute Gasteiger partial charge is 0.410 e. The summed E-state index contributed by atoms with van der Waals surface area (Å²) in [6.07, 6.45) is -1.84. The summed E-state index contributed by atoms with van der Waals surface area (Å²) in [5, 5.41) is 3.41. The molecule has 0 saturated carbocycles. The molecule has 0 aromatic carbocycles. The first kappa shape index (κ1) is 26.3. The molecule has 0 bridgehead atoms. The number of hydrogen-bond donors (Lipinski definition) is 1. The number of nitrogens with one attached hydrogen (secondary N) is 1. The van der Waals surface area contributed by atoms with Crippen molar-refractivity contribution < 1.29 is 22.7 Å². The molecule has 0 spiro atoms. The van der Waals surface area contributed by atoms with Crippen molar-refractivity contribution in [2.45, 2.75) is 57.9 Å². The van der Waals surface area contributed by atoms with Gasteiger partial charge >= 0.3 is 12.3 Å². The topological polar surface area (TPSA) is 60.4 Å². The van der Waals surface area contributed by atoms with Crippen LogP contribution in [0.3, 0.4) is 0 Å². The van der Waals surface area contributed by atoms with Gasteiger partial charge in [-0.25, -0.2) is 4.79 Å². The number of rotatable bonds is 4. The predicted molar refractivity (Wildman–Crippen MR) is 124 cm³/mol. The van der Waals surface area contributed by atoms with Gasteiger partial charge in [-0.2, -0.15) is 13.2 Å². The number of ether oxygens (including phenoxy) is 1. The van der Waals surface area contributed by atoms with E-state index in [9.17, 15) is 18.0 Å². The van der Waals surface area contributed by atoms with Crippen molar-refractivity contribution in [3.63, 3.8) is 0 Å². The van der Waals surface area contributed by atoms with Crippen molar-refractivity contribution in [2.24, 2.45) is 10.9 Å². The van der Waals surface area contributed by atoms with E-state index in [0.717, 1.165) is 31.8 Å². The average molecular weight is 561 g/mol. The van der Waals surface area contributed by atoms with Crippen LogP contribution in [0.5, 0.6) is 0 Å². The molecule has 1 unspecified atom stereocenters. The second kappa shape index (κ2) is 10.8. The first-order valence-electron chi connectivity index (χ1n) is 10.8. The van der Waals surface area contributed by atoms with Crippen molar-refractivity contribution >= 4 is 36.0 Å². The van der Waals surface area contributed by atoms with Gasteiger partial charge in [0, 0.05) is 26.2 Å². The lowest BCUT2D eigenvalue weighted by Gasteiger charge is -2.39. The van der Waals surface area contributed by atoms with Gasteiger partial charge in [-0.05, 0) is 59.0 Å². The number of alkyl halides is 3. The van der Waals surface area contributed by atoms with E-state index < -0.39 is 18.3 Å². The zero-order valence-electron chi connectivity index (χ0n) is 18.6. The van der Waals surface area contributed by atoms with E-state index in [4.69, 9.17) is 4.74 Å². The molecule has 2 saturated heterocycles. The molecular weight excluding hydrogens is 526 g/mol. The van der Waals surface area contributed by atoms with Gasteiger partial charge in [0.05, 0.1) is 19.1 Å². The highest BCUT2D eigenvalue weighted by Gasteiger charge is 2.36. The Hall–Kier alpha value is -0.980. The van der Waals surface area contributed by atoms with Crippen molar-refractivity contribution in [3.8, 4) is 0 Å². The highest BCUT2D eigenvalue weighted by Crippen LogP contribution is 2.24. The van der Waals surface area contributed by atoms with Crippen LogP contribution < -0.4 is 5.32 Å². The van der Waals surface area contributed by atoms with E-state index in [0.29, 0.717) is 45.2 Å². The summed E-state index contributed by atoms with van der Waals surface area (Å²) in [6.45, 7) is 9.15. The van der Waals surface area contributed by atoms with Gasteiger partial charge in [-0.1, -0.05) is 0 Å². The summed E-state index contributed by atoms with van der Waals surface area (Å²) in [7, 11) is 0. The van der Waals surface area contributed by atoms with Gasteiger partial charge in [0.1, 0.15) is 5.60 Å². The van der Waals surface area contributed by atoms with E-state index in [2.05, 4.69) is 15.2 Å². The molecule has 3 heterocycles. The number of carbonyl (C=O) groups is 1. The van der Waals surface area contributed by atoms with Crippen molar-refractivity contribution in [2.75, 3.05) is 52.4 Å². The molecule has 1 N–H and O–H groups in total. The maximum absolute atomic E-state index is 12.5. The lowest BCUT2D eigenvalue weighted by atomic mass is 9.93. The van der Waals surface area contributed by atoms with Crippen molar-refractivity contribution in [1.29, 1.82) is 0 Å². The van der Waals surface area contributed by atoms with Gasteiger partial charge in [0.2, 0.25) is 0 Å². The fourth-order valence-corrected chi connectivity index (χ4v) is 4.30. The number of nitrogens with zero attached hydrogens (tertiary/aromatic N) is 4. The van der Waals surface area contributed by atoms with Crippen LogP contribution in [0.2, 0.25) is 0 Å². The normalized spacial score (nSPS) is 23.2. The van der Waals surface area contributed by atoms with Crippen molar-refractivity contribution in [1.82, 2.24) is 20.0 Å². The molecule has 3 rings (SSSR count). The predicted octanol–water partition coefficient (Wildman–Crippen LogP) is 3.15. The third-order valence-electron chi connectivity index (χ3n) is 5.80. The number of piperidine rings is 1. The highest BCUT2D eigenvalue weighted by molar-refractivity contribution is 14.0.